The van der Waals surface area contributed by atoms with E-state index in [1.807, 2.05) is 19.9 Å². The molecule has 0 fully saturated rings. The Hall–Kier alpha value is -0.790. The van der Waals surface area contributed by atoms with Crippen LogP contribution in [-0.2, 0) is 9.53 Å². The van der Waals surface area contributed by atoms with Gasteiger partial charge in [0.05, 0.1) is 6.61 Å². The maximum Gasteiger partial charge on any atom is 0.333 e. The van der Waals surface area contributed by atoms with Gasteiger partial charge in [0, 0.05) is 5.57 Å². The molecule has 0 aromatic rings. The van der Waals surface area contributed by atoms with E-state index in [0.29, 0.717) is 12.5 Å². The Morgan fingerprint density at radius 2 is 2.07 bits per heavy atom. The second kappa shape index (κ2) is 7.60. The minimum absolute atomic E-state index is 0.154. The van der Waals surface area contributed by atoms with Crippen molar-refractivity contribution in [2.45, 2.75) is 47.0 Å². The van der Waals surface area contributed by atoms with Crippen LogP contribution >= 0.6 is 0 Å². The molecule has 0 aromatic carbocycles. The van der Waals surface area contributed by atoms with Gasteiger partial charge >= 0.3 is 5.97 Å². The monoisotopic (exact) mass is 198 g/mol. The molecule has 0 aliphatic rings. The molecule has 0 heterocycles. The third kappa shape index (κ3) is 4.45. The standard InChI is InChI=1S/C12H22O2/c1-5-8-9-10(4)11(6-2)12(13)14-7-3/h6,10H,5,7-9H2,1-4H3/b11-6+. The molecule has 0 aromatic heterocycles. The average molecular weight is 198 g/mol. The van der Waals surface area contributed by atoms with Crippen LogP contribution in [0.4, 0.5) is 0 Å². The molecule has 0 aliphatic heterocycles. The summed E-state index contributed by atoms with van der Waals surface area (Å²) in [7, 11) is 0. The van der Waals surface area contributed by atoms with E-state index in [9.17, 15) is 4.79 Å². The Morgan fingerprint density at radius 3 is 2.50 bits per heavy atom. The number of ether oxygens (including phenoxy) is 1. The van der Waals surface area contributed by atoms with Crippen LogP contribution in [-0.4, -0.2) is 12.6 Å². The lowest BCUT2D eigenvalue weighted by molar-refractivity contribution is -0.139. The molecule has 0 N–H and O–H groups in total. The molecule has 0 amide bonds. The zero-order chi connectivity index (χ0) is 11.0. The van der Waals surface area contributed by atoms with Gasteiger partial charge in [-0.1, -0.05) is 32.8 Å². The van der Waals surface area contributed by atoms with Gasteiger partial charge in [-0.05, 0) is 26.2 Å². The van der Waals surface area contributed by atoms with Gasteiger partial charge in [-0.15, -0.1) is 0 Å². The third-order valence-electron chi connectivity index (χ3n) is 2.34. The SMILES string of the molecule is C/C=C(/C(=O)OCC)C(C)CCCC. The lowest BCUT2D eigenvalue weighted by atomic mass is 9.95. The molecular formula is C12H22O2. The highest BCUT2D eigenvalue weighted by Crippen LogP contribution is 2.18. The molecule has 1 atom stereocenters. The molecule has 1 unspecified atom stereocenters. The predicted octanol–water partition coefficient (Wildman–Crippen LogP) is 3.32. The zero-order valence-corrected chi connectivity index (χ0v) is 9.80. The molecule has 0 saturated heterocycles. The first-order chi connectivity index (χ1) is 6.67. The Kier molecular flexibility index (Phi) is 7.17. The fraction of sp³-hybridized carbons (Fsp3) is 0.750. The predicted molar refractivity (Wildman–Crippen MR) is 59.1 cm³/mol. The molecule has 82 valence electrons. The quantitative estimate of drug-likeness (QED) is 0.483. The van der Waals surface area contributed by atoms with Gasteiger partial charge in [-0.25, -0.2) is 4.79 Å². The van der Waals surface area contributed by atoms with Crippen molar-refractivity contribution in [2.24, 2.45) is 5.92 Å². The lowest BCUT2D eigenvalue weighted by Gasteiger charge is -2.13. The topological polar surface area (TPSA) is 26.3 Å². The van der Waals surface area contributed by atoms with Gasteiger partial charge < -0.3 is 4.74 Å². The highest BCUT2D eigenvalue weighted by molar-refractivity contribution is 5.88. The largest absolute Gasteiger partial charge is 0.463 e. The number of esters is 1. The van der Waals surface area contributed by atoms with Crippen LogP contribution in [0.2, 0.25) is 0 Å². The van der Waals surface area contributed by atoms with Gasteiger partial charge in [0.2, 0.25) is 0 Å². The summed E-state index contributed by atoms with van der Waals surface area (Å²) in [5.41, 5.74) is 0.820. The van der Waals surface area contributed by atoms with Gasteiger partial charge in [0.15, 0.2) is 0 Å². The average Bonchev–Trinajstić information content (AvgIpc) is 2.16. The van der Waals surface area contributed by atoms with E-state index in [-0.39, 0.29) is 5.97 Å². The van der Waals surface area contributed by atoms with Crippen LogP contribution in [0.15, 0.2) is 11.6 Å². The lowest BCUT2D eigenvalue weighted by Crippen LogP contribution is -2.14. The van der Waals surface area contributed by atoms with Gasteiger partial charge in [0.1, 0.15) is 0 Å². The number of hydrogen-bond donors (Lipinski definition) is 0. The summed E-state index contributed by atoms with van der Waals surface area (Å²) in [4.78, 5) is 11.5. The van der Waals surface area contributed by atoms with E-state index >= 15 is 0 Å². The van der Waals surface area contributed by atoms with Crippen LogP contribution in [0.25, 0.3) is 0 Å². The van der Waals surface area contributed by atoms with E-state index in [4.69, 9.17) is 4.74 Å². The van der Waals surface area contributed by atoms with E-state index < -0.39 is 0 Å². The normalized spacial score (nSPS) is 13.9. The van der Waals surface area contributed by atoms with Gasteiger partial charge in [-0.2, -0.15) is 0 Å². The van der Waals surface area contributed by atoms with Crippen LogP contribution in [0.5, 0.6) is 0 Å². The maximum atomic E-state index is 11.5. The highest BCUT2D eigenvalue weighted by atomic mass is 16.5. The Labute approximate surface area is 87.3 Å². The summed E-state index contributed by atoms with van der Waals surface area (Å²) in [5.74, 6) is 0.164. The van der Waals surface area contributed by atoms with E-state index in [1.165, 1.54) is 6.42 Å². The summed E-state index contributed by atoms with van der Waals surface area (Å²) in [6.07, 6.45) is 5.27. The summed E-state index contributed by atoms with van der Waals surface area (Å²) in [5, 5.41) is 0. The summed E-state index contributed by atoms with van der Waals surface area (Å²) in [6.45, 7) is 8.43. The fourth-order valence-electron chi connectivity index (χ4n) is 1.48. The van der Waals surface area contributed by atoms with Crippen molar-refractivity contribution in [3.8, 4) is 0 Å². The van der Waals surface area contributed by atoms with Crippen molar-refractivity contribution in [3.05, 3.63) is 11.6 Å². The van der Waals surface area contributed by atoms with Crippen LogP contribution in [0.3, 0.4) is 0 Å². The number of hydrogen-bond acceptors (Lipinski definition) is 2. The van der Waals surface area contributed by atoms with Gasteiger partial charge in [0.25, 0.3) is 0 Å². The van der Waals surface area contributed by atoms with Crippen LogP contribution in [0, 0.1) is 5.92 Å². The first kappa shape index (κ1) is 13.2. The van der Waals surface area contributed by atoms with Crippen molar-refractivity contribution in [1.29, 1.82) is 0 Å². The first-order valence-electron chi connectivity index (χ1n) is 5.50. The summed E-state index contributed by atoms with van der Waals surface area (Å²) >= 11 is 0. The second-order valence-electron chi connectivity index (χ2n) is 3.51. The number of carbonyl (C=O) groups is 1. The molecule has 2 nitrogen and oxygen atoms in total. The van der Waals surface area contributed by atoms with Crippen molar-refractivity contribution in [1.82, 2.24) is 0 Å². The molecule has 14 heavy (non-hydrogen) atoms. The highest BCUT2D eigenvalue weighted by Gasteiger charge is 2.16. The van der Waals surface area contributed by atoms with Crippen molar-refractivity contribution >= 4 is 5.97 Å². The van der Waals surface area contributed by atoms with E-state index in [2.05, 4.69) is 13.8 Å². The molecule has 0 rings (SSSR count). The smallest absolute Gasteiger partial charge is 0.333 e. The Balaban J connectivity index is 4.19. The second-order valence-corrected chi connectivity index (χ2v) is 3.51. The fourth-order valence-corrected chi connectivity index (χ4v) is 1.48. The van der Waals surface area contributed by atoms with Gasteiger partial charge in [-0.3, -0.25) is 0 Å². The van der Waals surface area contributed by atoms with Crippen molar-refractivity contribution < 1.29 is 9.53 Å². The minimum atomic E-state index is -0.154. The maximum absolute atomic E-state index is 11.5. The summed E-state index contributed by atoms with van der Waals surface area (Å²) < 4.78 is 4.99. The summed E-state index contributed by atoms with van der Waals surface area (Å²) in [6, 6.07) is 0. The molecule has 0 bridgehead atoms. The van der Waals surface area contributed by atoms with Crippen molar-refractivity contribution in [3.63, 3.8) is 0 Å². The van der Waals surface area contributed by atoms with Crippen molar-refractivity contribution in [2.75, 3.05) is 6.61 Å². The molecule has 0 saturated carbocycles. The zero-order valence-electron chi connectivity index (χ0n) is 9.80. The number of allylic oxidation sites excluding steroid dienone is 1. The third-order valence-corrected chi connectivity index (χ3v) is 2.34. The van der Waals surface area contributed by atoms with E-state index in [0.717, 1.165) is 18.4 Å². The van der Waals surface area contributed by atoms with E-state index in [1.54, 1.807) is 0 Å². The Morgan fingerprint density at radius 1 is 1.43 bits per heavy atom. The molecule has 0 spiro atoms. The molecule has 0 aliphatic carbocycles. The Bertz CT molecular complexity index is 194. The minimum Gasteiger partial charge on any atom is -0.463 e. The molecule has 0 radical (unpaired) electrons. The van der Waals surface area contributed by atoms with Crippen LogP contribution in [0.1, 0.15) is 47.0 Å². The first-order valence-corrected chi connectivity index (χ1v) is 5.50. The number of rotatable bonds is 6. The van der Waals surface area contributed by atoms with Crippen LogP contribution < -0.4 is 0 Å². The molecular weight excluding hydrogens is 176 g/mol. The number of unbranched alkanes of at least 4 members (excludes halogenated alkanes) is 1. The number of carbonyl (C=O) groups excluding carboxylic acids is 1. The molecule has 2 heteroatoms.